The van der Waals surface area contributed by atoms with Crippen LogP contribution in [0.4, 0.5) is 5.69 Å². The summed E-state index contributed by atoms with van der Waals surface area (Å²) in [6, 6.07) is 14.3. The van der Waals surface area contributed by atoms with Crippen LogP contribution in [0.5, 0.6) is 0 Å². The van der Waals surface area contributed by atoms with Gasteiger partial charge in [-0.3, -0.25) is 4.79 Å². The molecule has 2 N–H and O–H groups in total. The van der Waals surface area contributed by atoms with E-state index in [-0.39, 0.29) is 11.7 Å². The van der Waals surface area contributed by atoms with Crippen LogP contribution in [0, 0.1) is 20.8 Å². The lowest BCUT2D eigenvalue weighted by Gasteiger charge is -2.28. The predicted molar refractivity (Wildman–Crippen MR) is 131 cm³/mol. The first-order valence-corrected chi connectivity index (χ1v) is 11.2. The van der Waals surface area contributed by atoms with Gasteiger partial charge in [-0.25, -0.2) is 0 Å². The first kappa shape index (κ1) is 21.5. The van der Waals surface area contributed by atoms with Gasteiger partial charge in [0.15, 0.2) is 5.11 Å². The van der Waals surface area contributed by atoms with Crippen molar-refractivity contribution in [3.8, 4) is 0 Å². The van der Waals surface area contributed by atoms with Crippen LogP contribution in [0.3, 0.4) is 0 Å². The van der Waals surface area contributed by atoms with Gasteiger partial charge < -0.3 is 19.9 Å². The van der Waals surface area contributed by atoms with Crippen LogP contribution in [0.1, 0.15) is 35.1 Å². The van der Waals surface area contributed by atoms with Crippen molar-refractivity contribution in [2.24, 2.45) is 0 Å². The summed E-state index contributed by atoms with van der Waals surface area (Å²) in [4.78, 5) is 17.9. The number of ether oxygens (including phenoxy) is 1. The first-order valence-electron chi connectivity index (χ1n) is 10.8. The Morgan fingerprint density at radius 1 is 1.16 bits per heavy atom. The van der Waals surface area contributed by atoms with Gasteiger partial charge >= 0.3 is 0 Å². The molecule has 2 heterocycles. The molecule has 31 heavy (non-hydrogen) atoms. The predicted octanol–water partition coefficient (Wildman–Crippen LogP) is 4.83. The van der Waals surface area contributed by atoms with Crippen molar-refractivity contribution in [1.82, 2.24) is 9.88 Å². The van der Waals surface area contributed by atoms with E-state index in [9.17, 15) is 4.79 Å². The monoisotopic (exact) mass is 435 g/mol. The molecule has 6 heteroatoms. The maximum atomic E-state index is 12.8. The third-order valence-corrected chi connectivity index (χ3v) is 6.29. The van der Waals surface area contributed by atoms with E-state index in [1.54, 1.807) is 0 Å². The summed E-state index contributed by atoms with van der Waals surface area (Å²) in [5.74, 6) is 0. The molecule has 1 aromatic heterocycles. The van der Waals surface area contributed by atoms with Gasteiger partial charge in [-0.15, -0.1) is 0 Å². The molecule has 0 radical (unpaired) electrons. The second kappa shape index (κ2) is 9.20. The van der Waals surface area contributed by atoms with E-state index < -0.39 is 0 Å². The van der Waals surface area contributed by atoms with Gasteiger partial charge in [0, 0.05) is 29.9 Å². The highest BCUT2D eigenvalue weighted by molar-refractivity contribution is 7.80. The molecule has 0 saturated carbocycles. The summed E-state index contributed by atoms with van der Waals surface area (Å²) in [6.45, 7) is 8.06. The standard InChI is InChI=1S/C25H29N3O2S/c1-16-6-8-21(9-7-16)26-25(31)28(15-22-5-4-10-30-22)14-20-13-19-11-17(2)18(3)12-23(19)27-24(20)29/h6-9,11-13,22H,4-5,10,14-15H2,1-3H3,(H,26,31)(H,27,29)/t22-/m0/s1. The number of pyridine rings is 1. The van der Waals surface area contributed by atoms with E-state index in [2.05, 4.69) is 37.1 Å². The smallest absolute Gasteiger partial charge is 0.253 e. The zero-order valence-electron chi connectivity index (χ0n) is 18.3. The van der Waals surface area contributed by atoms with Crippen molar-refractivity contribution < 1.29 is 4.74 Å². The van der Waals surface area contributed by atoms with Crippen molar-refractivity contribution in [3.05, 3.63) is 75.1 Å². The summed E-state index contributed by atoms with van der Waals surface area (Å²) in [7, 11) is 0. The molecule has 3 aromatic rings. The van der Waals surface area contributed by atoms with Crippen LogP contribution in [-0.4, -0.2) is 34.3 Å². The van der Waals surface area contributed by atoms with Crippen LogP contribution < -0.4 is 10.9 Å². The number of nitrogens with one attached hydrogen (secondary N) is 2. The van der Waals surface area contributed by atoms with Gasteiger partial charge in [0.25, 0.3) is 5.56 Å². The molecule has 162 valence electrons. The summed E-state index contributed by atoms with van der Waals surface area (Å²) in [5, 5.41) is 4.96. The zero-order valence-corrected chi connectivity index (χ0v) is 19.1. The minimum atomic E-state index is -0.0776. The number of aromatic nitrogens is 1. The van der Waals surface area contributed by atoms with Gasteiger partial charge in [0.05, 0.1) is 12.6 Å². The van der Waals surface area contributed by atoms with Gasteiger partial charge in [-0.05, 0) is 92.7 Å². The highest BCUT2D eigenvalue weighted by Gasteiger charge is 2.22. The van der Waals surface area contributed by atoms with E-state index >= 15 is 0 Å². The fourth-order valence-corrected chi connectivity index (χ4v) is 4.19. The molecule has 0 amide bonds. The quantitative estimate of drug-likeness (QED) is 0.562. The number of hydrogen-bond donors (Lipinski definition) is 2. The van der Waals surface area contributed by atoms with E-state index in [0.29, 0.717) is 23.8 Å². The van der Waals surface area contributed by atoms with Gasteiger partial charge in [-0.2, -0.15) is 0 Å². The Bertz CT molecular complexity index is 1150. The third kappa shape index (κ3) is 5.14. The number of H-pyrrole nitrogens is 1. The molecule has 1 saturated heterocycles. The lowest BCUT2D eigenvalue weighted by molar-refractivity contribution is 0.0904. The fourth-order valence-electron chi connectivity index (χ4n) is 3.94. The van der Waals surface area contributed by atoms with E-state index in [4.69, 9.17) is 17.0 Å². The van der Waals surface area contributed by atoms with Crippen molar-refractivity contribution >= 4 is 33.9 Å². The Morgan fingerprint density at radius 3 is 2.61 bits per heavy atom. The molecule has 0 aliphatic carbocycles. The van der Waals surface area contributed by atoms with Gasteiger partial charge in [0.1, 0.15) is 0 Å². The lowest BCUT2D eigenvalue weighted by Crippen LogP contribution is -2.40. The first-order chi connectivity index (χ1) is 14.9. The number of rotatable bonds is 5. The molecule has 4 rings (SSSR count). The third-order valence-electron chi connectivity index (χ3n) is 5.93. The Labute approximate surface area is 188 Å². The molecular formula is C25H29N3O2S. The van der Waals surface area contributed by atoms with Crippen molar-refractivity contribution in [2.45, 2.75) is 46.3 Å². The minimum Gasteiger partial charge on any atom is -0.376 e. The average molecular weight is 436 g/mol. The van der Waals surface area contributed by atoms with Crippen molar-refractivity contribution in [3.63, 3.8) is 0 Å². The van der Waals surface area contributed by atoms with E-state index in [1.807, 2.05) is 41.3 Å². The normalized spacial score (nSPS) is 15.9. The summed E-state index contributed by atoms with van der Waals surface area (Å²) < 4.78 is 5.85. The molecule has 0 spiro atoms. The van der Waals surface area contributed by atoms with Crippen LogP contribution in [-0.2, 0) is 11.3 Å². The largest absolute Gasteiger partial charge is 0.376 e. The molecular weight excluding hydrogens is 406 g/mol. The Hall–Kier alpha value is -2.70. The summed E-state index contributed by atoms with van der Waals surface area (Å²) in [6.07, 6.45) is 2.20. The molecule has 0 unspecified atom stereocenters. The van der Waals surface area contributed by atoms with Crippen molar-refractivity contribution in [1.29, 1.82) is 0 Å². The SMILES string of the molecule is Cc1ccc(NC(=S)N(Cc2cc3cc(C)c(C)cc3[nH]c2=O)C[C@@H]2CCCO2)cc1. The van der Waals surface area contributed by atoms with Crippen molar-refractivity contribution in [2.75, 3.05) is 18.5 Å². The van der Waals surface area contributed by atoms with Crippen LogP contribution >= 0.6 is 12.2 Å². The molecule has 2 aromatic carbocycles. The topological polar surface area (TPSA) is 57.4 Å². The highest BCUT2D eigenvalue weighted by atomic mass is 32.1. The molecule has 1 atom stereocenters. The number of thiocarbonyl (C=S) groups is 1. The molecule has 1 aliphatic heterocycles. The van der Waals surface area contributed by atoms with Gasteiger partial charge in [0.2, 0.25) is 0 Å². The number of anilines is 1. The highest BCUT2D eigenvalue weighted by Crippen LogP contribution is 2.20. The van der Waals surface area contributed by atoms with Crippen LogP contribution in [0.15, 0.2) is 47.3 Å². The fraction of sp³-hybridized carbons (Fsp3) is 0.360. The average Bonchev–Trinajstić information content (AvgIpc) is 3.24. The number of aryl methyl sites for hydroxylation is 3. The van der Waals surface area contributed by atoms with E-state index in [1.165, 1.54) is 16.7 Å². The second-order valence-electron chi connectivity index (χ2n) is 8.46. The summed E-state index contributed by atoms with van der Waals surface area (Å²) >= 11 is 5.75. The number of nitrogens with zero attached hydrogens (tertiary/aromatic N) is 1. The lowest BCUT2D eigenvalue weighted by atomic mass is 10.0. The minimum absolute atomic E-state index is 0.0776. The molecule has 0 bridgehead atoms. The number of fused-ring (bicyclic) bond motifs is 1. The zero-order chi connectivity index (χ0) is 22.0. The van der Waals surface area contributed by atoms with E-state index in [0.717, 1.165) is 36.0 Å². The molecule has 5 nitrogen and oxygen atoms in total. The molecule has 1 aliphatic rings. The molecule has 1 fully saturated rings. The number of hydrogen-bond acceptors (Lipinski definition) is 3. The summed E-state index contributed by atoms with van der Waals surface area (Å²) in [5.41, 5.74) is 5.99. The Balaban J connectivity index is 1.61. The van der Waals surface area contributed by atoms with Crippen LogP contribution in [0.25, 0.3) is 10.9 Å². The maximum absolute atomic E-state index is 12.8. The number of aromatic amines is 1. The maximum Gasteiger partial charge on any atom is 0.253 e. The Kier molecular flexibility index (Phi) is 6.39. The second-order valence-corrected chi connectivity index (χ2v) is 8.85. The Morgan fingerprint density at radius 2 is 1.90 bits per heavy atom. The van der Waals surface area contributed by atoms with Crippen LogP contribution in [0.2, 0.25) is 0 Å². The van der Waals surface area contributed by atoms with Gasteiger partial charge in [-0.1, -0.05) is 17.7 Å². The number of benzene rings is 2.